The molecule has 0 radical (unpaired) electrons. The number of furan rings is 1. The van der Waals surface area contributed by atoms with Crippen LogP contribution in [0.25, 0.3) is 0 Å². The number of rotatable bonds is 6. The van der Waals surface area contributed by atoms with E-state index in [0.29, 0.717) is 11.5 Å². The molecule has 5 nitrogen and oxygen atoms in total. The van der Waals surface area contributed by atoms with Crippen LogP contribution in [-0.2, 0) is 16.6 Å². The normalized spacial score (nSPS) is 11.9. The van der Waals surface area contributed by atoms with E-state index in [-0.39, 0.29) is 11.4 Å². The van der Waals surface area contributed by atoms with E-state index in [9.17, 15) is 8.42 Å². The zero-order valence-corrected chi connectivity index (χ0v) is 14.5. The van der Waals surface area contributed by atoms with Crippen molar-refractivity contribution in [2.24, 2.45) is 4.99 Å². The minimum absolute atomic E-state index is 0.0788. The number of sulfonamides is 1. The Balaban J connectivity index is 1.63. The topological polar surface area (TPSA) is 71.7 Å². The largest absolute Gasteiger partial charge is 0.459 e. The molecule has 0 aliphatic carbocycles. The Hall–Kier alpha value is -2.70. The molecule has 3 rings (SSSR count). The molecule has 3 aromatic rings. The highest BCUT2D eigenvalue weighted by Crippen LogP contribution is 2.13. The Bertz CT molecular complexity index is 959. The maximum atomic E-state index is 12.3. The molecule has 1 N–H and O–H groups in total. The molecule has 0 aliphatic heterocycles. The van der Waals surface area contributed by atoms with Gasteiger partial charge in [0.2, 0.25) is 10.0 Å². The van der Waals surface area contributed by atoms with Crippen LogP contribution in [-0.4, -0.2) is 14.6 Å². The van der Waals surface area contributed by atoms with Gasteiger partial charge in [0, 0.05) is 0 Å². The molecular formula is C19H18N2O3S. The van der Waals surface area contributed by atoms with Gasteiger partial charge in [0.25, 0.3) is 0 Å². The summed E-state index contributed by atoms with van der Waals surface area (Å²) in [5.41, 5.74) is 1.83. The van der Waals surface area contributed by atoms with E-state index >= 15 is 0 Å². The maximum Gasteiger partial charge on any atom is 0.240 e. The Kier molecular flexibility index (Phi) is 5.11. The van der Waals surface area contributed by atoms with Crippen molar-refractivity contribution in [1.82, 2.24) is 4.72 Å². The fourth-order valence-electron chi connectivity index (χ4n) is 2.18. The molecule has 0 unspecified atom stereocenters. The van der Waals surface area contributed by atoms with Crippen LogP contribution in [0.1, 0.15) is 17.1 Å². The van der Waals surface area contributed by atoms with Gasteiger partial charge >= 0.3 is 0 Å². The molecule has 0 amide bonds. The monoisotopic (exact) mass is 354 g/mol. The van der Waals surface area contributed by atoms with Crippen molar-refractivity contribution in [1.29, 1.82) is 0 Å². The van der Waals surface area contributed by atoms with E-state index in [4.69, 9.17) is 4.42 Å². The molecule has 2 aromatic carbocycles. The highest BCUT2D eigenvalue weighted by atomic mass is 32.2. The van der Waals surface area contributed by atoms with Gasteiger partial charge in [-0.3, -0.25) is 4.99 Å². The first-order valence-electron chi connectivity index (χ1n) is 7.77. The second-order valence-corrected chi connectivity index (χ2v) is 7.30. The first-order chi connectivity index (χ1) is 12.0. The quantitative estimate of drug-likeness (QED) is 0.684. The molecule has 0 aliphatic rings. The molecule has 6 heteroatoms. The summed E-state index contributed by atoms with van der Waals surface area (Å²) in [7, 11) is -3.56. The van der Waals surface area contributed by atoms with Crippen molar-refractivity contribution in [2.45, 2.75) is 18.4 Å². The smallest absolute Gasteiger partial charge is 0.240 e. The Morgan fingerprint density at radius 1 is 1.00 bits per heavy atom. The molecule has 1 heterocycles. The predicted molar refractivity (Wildman–Crippen MR) is 97.6 cm³/mol. The van der Waals surface area contributed by atoms with Gasteiger partial charge in [0.05, 0.1) is 23.3 Å². The van der Waals surface area contributed by atoms with E-state index < -0.39 is 10.0 Å². The minimum atomic E-state index is -3.56. The second-order valence-electron chi connectivity index (χ2n) is 5.54. The summed E-state index contributed by atoms with van der Waals surface area (Å²) in [5, 5.41) is 0. The third kappa shape index (κ3) is 4.65. The SMILES string of the molecule is Cc1ccc(S(=O)(=O)NCc2ccc(C=Nc3ccccc3)o2)cc1. The van der Waals surface area contributed by atoms with E-state index in [1.54, 1.807) is 42.6 Å². The average Bonchev–Trinajstić information content (AvgIpc) is 3.08. The van der Waals surface area contributed by atoms with Gasteiger partial charge in [-0.05, 0) is 43.3 Å². The van der Waals surface area contributed by atoms with Crippen molar-refractivity contribution in [2.75, 3.05) is 0 Å². The zero-order valence-electron chi connectivity index (χ0n) is 13.7. The minimum Gasteiger partial charge on any atom is -0.459 e. The molecule has 0 atom stereocenters. The summed E-state index contributed by atoms with van der Waals surface area (Å²) >= 11 is 0. The van der Waals surface area contributed by atoms with Crippen LogP contribution in [0.4, 0.5) is 5.69 Å². The molecule has 0 fully saturated rings. The molecule has 25 heavy (non-hydrogen) atoms. The molecule has 1 aromatic heterocycles. The maximum absolute atomic E-state index is 12.3. The van der Waals surface area contributed by atoms with Crippen molar-refractivity contribution < 1.29 is 12.8 Å². The zero-order chi connectivity index (χ0) is 17.7. The second kappa shape index (κ2) is 7.46. The van der Waals surface area contributed by atoms with Gasteiger partial charge in [-0.1, -0.05) is 35.9 Å². The molecule has 0 spiro atoms. The summed E-state index contributed by atoms with van der Waals surface area (Å²) in [6.07, 6.45) is 1.60. The van der Waals surface area contributed by atoms with Gasteiger partial charge in [0.15, 0.2) is 0 Å². The van der Waals surface area contributed by atoms with Crippen LogP contribution in [0.3, 0.4) is 0 Å². The predicted octanol–water partition coefficient (Wildman–Crippen LogP) is 3.82. The first kappa shape index (κ1) is 17.1. The molecule has 0 bridgehead atoms. The number of benzene rings is 2. The van der Waals surface area contributed by atoms with Crippen LogP contribution >= 0.6 is 0 Å². The summed E-state index contributed by atoms with van der Waals surface area (Å²) in [6.45, 7) is 1.99. The van der Waals surface area contributed by atoms with E-state index in [1.165, 1.54) is 0 Å². The van der Waals surface area contributed by atoms with Crippen LogP contribution in [0.2, 0.25) is 0 Å². The number of nitrogens with zero attached hydrogens (tertiary/aromatic N) is 1. The van der Waals surface area contributed by atoms with Crippen LogP contribution in [0.5, 0.6) is 0 Å². The van der Waals surface area contributed by atoms with Crippen molar-refractivity contribution >= 4 is 21.9 Å². The number of para-hydroxylation sites is 1. The summed E-state index contributed by atoms with van der Waals surface area (Å²) in [5.74, 6) is 1.08. The molecular weight excluding hydrogens is 336 g/mol. The fourth-order valence-corrected chi connectivity index (χ4v) is 3.17. The van der Waals surface area contributed by atoms with Crippen molar-refractivity contribution in [3.05, 3.63) is 83.8 Å². The Morgan fingerprint density at radius 3 is 2.44 bits per heavy atom. The van der Waals surface area contributed by atoms with Gasteiger partial charge in [-0.25, -0.2) is 13.1 Å². The standard InChI is InChI=1S/C19H18N2O3S/c1-15-7-11-19(12-8-15)25(22,23)21-14-18-10-9-17(24-18)13-20-16-5-3-2-4-6-16/h2-13,21H,14H2,1H3. The highest BCUT2D eigenvalue weighted by Gasteiger charge is 2.14. The summed E-state index contributed by atoms with van der Waals surface area (Å²) < 4.78 is 32.6. The number of aryl methyl sites for hydroxylation is 1. The van der Waals surface area contributed by atoms with Gasteiger partial charge in [0.1, 0.15) is 11.5 Å². The third-order valence-corrected chi connectivity index (χ3v) is 4.96. The molecule has 0 saturated carbocycles. The molecule has 0 saturated heterocycles. The molecule has 128 valence electrons. The number of nitrogens with one attached hydrogen (secondary N) is 1. The van der Waals surface area contributed by atoms with E-state index in [0.717, 1.165) is 11.3 Å². The van der Waals surface area contributed by atoms with Crippen LogP contribution < -0.4 is 4.72 Å². The van der Waals surface area contributed by atoms with Gasteiger partial charge in [-0.15, -0.1) is 0 Å². The summed E-state index contributed by atoms with van der Waals surface area (Å²) in [6, 6.07) is 19.7. The third-order valence-electron chi connectivity index (χ3n) is 3.55. The van der Waals surface area contributed by atoms with Crippen LogP contribution in [0, 0.1) is 6.92 Å². The average molecular weight is 354 g/mol. The van der Waals surface area contributed by atoms with E-state index in [2.05, 4.69) is 9.71 Å². The van der Waals surface area contributed by atoms with E-state index in [1.807, 2.05) is 37.3 Å². The van der Waals surface area contributed by atoms with Crippen molar-refractivity contribution in [3.8, 4) is 0 Å². The lowest BCUT2D eigenvalue weighted by Crippen LogP contribution is -2.22. The van der Waals surface area contributed by atoms with Crippen molar-refractivity contribution in [3.63, 3.8) is 0 Å². The Labute approximate surface area is 147 Å². The number of aliphatic imine (C=N–C) groups is 1. The lowest BCUT2D eigenvalue weighted by Gasteiger charge is -2.05. The van der Waals surface area contributed by atoms with Crippen LogP contribution in [0.15, 0.2) is 81.0 Å². The lowest BCUT2D eigenvalue weighted by molar-refractivity contribution is 0.494. The fraction of sp³-hybridized carbons (Fsp3) is 0.105. The lowest BCUT2D eigenvalue weighted by atomic mass is 10.2. The number of hydrogen-bond donors (Lipinski definition) is 1. The number of hydrogen-bond acceptors (Lipinski definition) is 4. The Morgan fingerprint density at radius 2 is 1.72 bits per heavy atom. The van der Waals surface area contributed by atoms with Gasteiger partial charge in [-0.2, -0.15) is 0 Å². The first-order valence-corrected chi connectivity index (χ1v) is 9.25. The summed E-state index contributed by atoms with van der Waals surface area (Å²) in [4.78, 5) is 4.53. The highest BCUT2D eigenvalue weighted by molar-refractivity contribution is 7.89. The van der Waals surface area contributed by atoms with Gasteiger partial charge < -0.3 is 4.42 Å².